The molecule has 40 heavy (non-hydrogen) atoms. The van der Waals surface area contributed by atoms with Crippen molar-refractivity contribution in [1.29, 1.82) is 0 Å². The van der Waals surface area contributed by atoms with E-state index < -0.39 is 17.9 Å². The van der Waals surface area contributed by atoms with Crippen LogP contribution in [0.25, 0.3) is 11.1 Å². The highest BCUT2D eigenvalue weighted by atomic mass is 19.4. The van der Waals surface area contributed by atoms with Gasteiger partial charge in [0.1, 0.15) is 29.6 Å². The summed E-state index contributed by atoms with van der Waals surface area (Å²) in [4.78, 5) is 2.14. The summed E-state index contributed by atoms with van der Waals surface area (Å²) in [6.45, 7) is 1.91. The van der Waals surface area contributed by atoms with E-state index >= 15 is 0 Å². The lowest BCUT2D eigenvalue weighted by molar-refractivity contribution is -0.0695. The maximum atomic E-state index is 14.6. The van der Waals surface area contributed by atoms with Crippen molar-refractivity contribution >= 4 is 11.1 Å². The summed E-state index contributed by atoms with van der Waals surface area (Å²) in [5.74, 6) is 0.249. The van der Waals surface area contributed by atoms with Crippen LogP contribution in [-0.2, 0) is 6.54 Å². The van der Waals surface area contributed by atoms with Crippen LogP contribution in [-0.4, -0.2) is 41.5 Å². The lowest BCUT2D eigenvalue weighted by atomic mass is 9.85. The van der Waals surface area contributed by atoms with Crippen molar-refractivity contribution in [3.8, 4) is 23.0 Å². The van der Waals surface area contributed by atoms with E-state index in [0.29, 0.717) is 24.5 Å². The molecule has 4 aromatic carbocycles. The molecule has 206 valence electrons. The van der Waals surface area contributed by atoms with Crippen molar-refractivity contribution in [2.75, 3.05) is 20.2 Å². The second-order valence-corrected chi connectivity index (χ2v) is 9.65. The first-order valence-corrected chi connectivity index (χ1v) is 12.7. The van der Waals surface area contributed by atoms with Crippen molar-refractivity contribution < 1.29 is 32.9 Å². The lowest BCUT2D eigenvalue weighted by Gasteiger charge is -2.33. The second kappa shape index (κ2) is 11.4. The van der Waals surface area contributed by atoms with Gasteiger partial charge in [-0.15, -0.1) is 0 Å². The highest BCUT2D eigenvalue weighted by Gasteiger charge is 2.44. The number of rotatable bonds is 8. The second-order valence-electron chi connectivity index (χ2n) is 9.65. The van der Waals surface area contributed by atoms with Crippen LogP contribution in [0.5, 0.6) is 23.0 Å². The average Bonchev–Trinajstić information content (AvgIpc) is 2.93. The van der Waals surface area contributed by atoms with Crippen LogP contribution in [0.1, 0.15) is 28.4 Å². The molecular weight excluding hydrogens is 519 g/mol. The number of hydrogen-bond acceptors (Lipinski definition) is 5. The van der Waals surface area contributed by atoms with E-state index in [1.165, 1.54) is 48.0 Å². The Kier molecular flexibility index (Phi) is 7.71. The Balaban J connectivity index is 1.41. The molecule has 0 saturated carbocycles. The number of allylic oxidation sites excluding steroid dienone is 1. The number of aromatic hydroxyl groups is 2. The van der Waals surface area contributed by atoms with Gasteiger partial charge in [-0.05, 0) is 60.1 Å². The molecule has 1 heterocycles. The van der Waals surface area contributed by atoms with Crippen molar-refractivity contribution in [2.45, 2.75) is 18.8 Å². The predicted molar refractivity (Wildman–Crippen MR) is 147 cm³/mol. The number of hydrogen-bond donors (Lipinski definition) is 2. The third kappa shape index (κ3) is 6.07. The largest absolute Gasteiger partial charge is 0.508 e. The number of phenols is 2. The normalized spacial score (nSPS) is 15.1. The zero-order valence-corrected chi connectivity index (χ0v) is 21.7. The topological polar surface area (TPSA) is 62.2 Å². The van der Waals surface area contributed by atoms with Gasteiger partial charge in [0.2, 0.25) is 0 Å². The molecule has 1 atom stereocenters. The number of phenolic OH excluding ortho intramolecular Hbond substituents is 2. The SMILES string of the molecule is CN(CCOc1ccc(C2Oc3cc(O)ccc3C(C(F)(F)F)=C2c2ccc(O)cc2)cc1)Cc1ccccc1. The first-order valence-electron chi connectivity index (χ1n) is 12.7. The fourth-order valence-corrected chi connectivity index (χ4v) is 4.79. The van der Waals surface area contributed by atoms with E-state index in [2.05, 4.69) is 17.0 Å². The van der Waals surface area contributed by atoms with Gasteiger partial charge in [0.25, 0.3) is 0 Å². The lowest BCUT2D eigenvalue weighted by Crippen LogP contribution is -2.24. The van der Waals surface area contributed by atoms with Gasteiger partial charge in [0, 0.05) is 30.3 Å². The van der Waals surface area contributed by atoms with Gasteiger partial charge in [-0.3, -0.25) is 4.90 Å². The summed E-state index contributed by atoms with van der Waals surface area (Å²) >= 11 is 0. The average molecular weight is 548 g/mol. The molecule has 4 aromatic rings. The zero-order valence-electron chi connectivity index (χ0n) is 21.7. The number of fused-ring (bicyclic) bond motifs is 1. The molecule has 5 nitrogen and oxygen atoms in total. The Bertz CT molecular complexity index is 1480. The van der Waals surface area contributed by atoms with E-state index in [0.717, 1.165) is 6.54 Å². The number of alkyl halides is 3. The number of likely N-dealkylation sites (N-methyl/N-ethyl adjacent to an activating group) is 1. The summed E-state index contributed by atoms with van der Waals surface area (Å²) in [5.41, 5.74) is 0.841. The van der Waals surface area contributed by atoms with E-state index in [9.17, 15) is 23.4 Å². The molecule has 1 aliphatic rings. The summed E-state index contributed by atoms with van der Waals surface area (Å²) in [6, 6.07) is 26.0. The fourth-order valence-electron chi connectivity index (χ4n) is 4.79. The molecule has 0 bridgehead atoms. The Morgan fingerprint density at radius 3 is 2.20 bits per heavy atom. The van der Waals surface area contributed by atoms with Crippen LogP contribution in [0.3, 0.4) is 0 Å². The van der Waals surface area contributed by atoms with Gasteiger partial charge in [-0.2, -0.15) is 13.2 Å². The third-order valence-corrected chi connectivity index (χ3v) is 6.69. The minimum atomic E-state index is -4.71. The molecule has 5 rings (SSSR count). The maximum absolute atomic E-state index is 14.6. The van der Waals surface area contributed by atoms with Crippen LogP contribution in [0, 0.1) is 0 Å². The van der Waals surface area contributed by atoms with Gasteiger partial charge in [-0.25, -0.2) is 0 Å². The van der Waals surface area contributed by atoms with Crippen molar-refractivity contribution in [1.82, 2.24) is 4.90 Å². The highest BCUT2D eigenvalue weighted by molar-refractivity contribution is 5.98. The fraction of sp³-hybridized carbons (Fsp3) is 0.188. The van der Waals surface area contributed by atoms with E-state index in [4.69, 9.17) is 9.47 Å². The molecule has 0 fully saturated rings. The molecule has 2 N–H and O–H groups in total. The minimum absolute atomic E-state index is 0.0626. The summed E-state index contributed by atoms with van der Waals surface area (Å²) in [7, 11) is 2.00. The molecular formula is C32H28F3NO4. The third-order valence-electron chi connectivity index (χ3n) is 6.69. The van der Waals surface area contributed by atoms with E-state index in [1.54, 1.807) is 24.3 Å². The molecule has 0 amide bonds. The summed E-state index contributed by atoms with van der Waals surface area (Å²) in [5, 5.41) is 19.7. The van der Waals surface area contributed by atoms with Gasteiger partial charge in [0.05, 0.1) is 5.57 Å². The van der Waals surface area contributed by atoms with E-state index in [-0.39, 0.29) is 33.9 Å². The first-order chi connectivity index (χ1) is 19.2. The molecule has 1 aliphatic heterocycles. The molecule has 0 radical (unpaired) electrons. The van der Waals surface area contributed by atoms with Gasteiger partial charge >= 0.3 is 6.18 Å². The predicted octanol–water partition coefficient (Wildman–Crippen LogP) is 7.22. The van der Waals surface area contributed by atoms with Crippen molar-refractivity contribution in [3.63, 3.8) is 0 Å². The Morgan fingerprint density at radius 1 is 0.850 bits per heavy atom. The van der Waals surface area contributed by atoms with Crippen LogP contribution in [0.15, 0.2) is 97.1 Å². The van der Waals surface area contributed by atoms with Crippen molar-refractivity contribution in [3.05, 3.63) is 119 Å². The Labute approximate surface area is 230 Å². The molecule has 1 unspecified atom stereocenters. The Morgan fingerprint density at radius 2 is 1.52 bits per heavy atom. The van der Waals surface area contributed by atoms with Gasteiger partial charge < -0.3 is 19.7 Å². The number of halogens is 3. The number of benzene rings is 4. The maximum Gasteiger partial charge on any atom is 0.417 e. The number of nitrogens with zero attached hydrogens (tertiary/aromatic N) is 1. The van der Waals surface area contributed by atoms with E-state index in [1.807, 2.05) is 25.2 Å². The minimum Gasteiger partial charge on any atom is -0.508 e. The van der Waals surface area contributed by atoms with Crippen LogP contribution < -0.4 is 9.47 Å². The van der Waals surface area contributed by atoms with Crippen LogP contribution in [0.2, 0.25) is 0 Å². The highest BCUT2D eigenvalue weighted by Crippen LogP contribution is 2.53. The Hall–Kier alpha value is -4.43. The zero-order chi connectivity index (χ0) is 28.3. The number of ether oxygens (including phenoxy) is 2. The monoisotopic (exact) mass is 547 g/mol. The van der Waals surface area contributed by atoms with Crippen LogP contribution >= 0.6 is 0 Å². The standard InChI is InChI=1S/C32H28F3NO4/c1-36(20-21-5-3-2-4-6-21)17-18-39-26-14-9-23(10-15-26)31-29(22-7-11-24(37)12-8-22)30(32(33,34)35)27-16-13-25(38)19-28(27)40-31/h2-16,19,31,37-38H,17-18,20H2,1H3. The summed E-state index contributed by atoms with van der Waals surface area (Å²) in [6.07, 6.45) is -5.84. The van der Waals surface area contributed by atoms with Gasteiger partial charge in [0.15, 0.2) is 6.10 Å². The molecule has 0 aliphatic carbocycles. The first kappa shape index (κ1) is 27.1. The molecule has 0 spiro atoms. The quantitative estimate of drug-likeness (QED) is 0.244. The van der Waals surface area contributed by atoms with Gasteiger partial charge in [-0.1, -0.05) is 54.6 Å². The smallest absolute Gasteiger partial charge is 0.417 e. The molecule has 8 heteroatoms. The van der Waals surface area contributed by atoms with Crippen molar-refractivity contribution in [2.24, 2.45) is 0 Å². The molecule has 0 saturated heterocycles. The van der Waals surface area contributed by atoms with Crippen LogP contribution in [0.4, 0.5) is 13.2 Å². The molecule has 0 aromatic heterocycles. The summed E-state index contributed by atoms with van der Waals surface area (Å²) < 4.78 is 55.7.